The van der Waals surface area contributed by atoms with Crippen molar-refractivity contribution in [3.63, 3.8) is 0 Å². The lowest BCUT2D eigenvalue weighted by atomic mass is 10.1. The van der Waals surface area contributed by atoms with Crippen molar-refractivity contribution in [3.05, 3.63) is 70.5 Å². The smallest absolute Gasteiger partial charge is 0.171 e. The second kappa shape index (κ2) is 7.55. The third-order valence-corrected chi connectivity index (χ3v) is 4.68. The number of hydrogen-bond donors (Lipinski definition) is 2. The van der Waals surface area contributed by atoms with Crippen LogP contribution in [0.25, 0.3) is 11.3 Å². The molecule has 2 N–H and O–H groups in total. The fourth-order valence-corrected chi connectivity index (χ4v) is 3.36. The minimum absolute atomic E-state index is 0.149. The Labute approximate surface area is 151 Å². The van der Waals surface area contributed by atoms with E-state index in [0.717, 1.165) is 22.0 Å². The van der Waals surface area contributed by atoms with Gasteiger partial charge >= 0.3 is 0 Å². The Bertz CT molecular complexity index is 827. The molecule has 0 aliphatic heterocycles. The van der Waals surface area contributed by atoms with Gasteiger partial charge in [0, 0.05) is 16.6 Å². The molecule has 0 saturated heterocycles. The van der Waals surface area contributed by atoms with Crippen molar-refractivity contribution < 1.29 is 0 Å². The van der Waals surface area contributed by atoms with E-state index in [1.807, 2.05) is 37.3 Å². The second-order valence-electron chi connectivity index (χ2n) is 5.56. The van der Waals surface area contributed by atoms with Crippen LogP contribution in [0.5, 0.6) is 0 Å². The van der Waals surface area contributed by atoms with Gasteiger partial charge in [-0.1, -0.05) is 42.5 Å². The summed E-state index contributed by atoms with van der Waals surface area (Å²) in [5, 5.41) is 10.3. The van der Waals surface area contributed by atoms with E-state index in [9.17, 15) is 0 Å². The van der Waals surface area contributed by atoms with Crippen LogP contribution >= 0.6 is 23.6 Å². The third kappa shape index (κ3) is 4.19. The van der Waals surface area contributed by atoms with Crippen molar-refractivity contribution >= 4 is 34.4 Å². The normalized spacial score (nSPS) is 11.8. The molecule has 122 valence electrons. The van der Waals surface area contributed by atoms with Gasteiger partial charge in [-0.3, -0.25) is 0 Å². The van der Waals surface area contributed by atoms with E-state index in [2.05, 4.69) is 52.2 Å². The van der Waals surface area contributed by atoms with Crippen LogP contribution in [0.4, 0.5) is 5.69 Å². The van der Waals surface area contributed by atoms with Crippen LogP contribution in [-0.4, -0.2) is 10.1 Å². The van der Waals surface area contributed by atoms with Crippen molar-refractivity contribution in [3.8, 4) is 11.3 Å². The van der Waals surface area contributed by atoms with Crippen molar-refractivity contribution in [2.45, 2.75) is 19.9 Å². The van der Waals surface area contributed by atoms with Crippen LogP contribution in [0.1, 0.15) is 23.5 Å². The number of thiocarbonyl (C=S) groups is 1. The summed E-state index contributed by atoms with van der Waals surface area (Å²) in [4.78, 5) is 4.53. The summed E-state index contributed by atoms with van der Waals surface area (Å²) >= 11 is 7.10. The molecule has 0 bridgehead atoms. The third-order valence-electron chi connectivity index (χ3n) is 3.68. The van der Waals surface area contributed by atoms with E-state index in [4.69, 9.17) is 12.2 Å². The van der Waals surface area contributed by atoms with E-state index in [0.29, 0.717) is 5.11 Å². The summed E-state index contributed by atoms with van der Waals surface area (Å²) in [6.45, 7) is 4.11. The molecule has 3 aromatic rings. The first-order valence-electron chi connectivity index (χ1n) is 7.77. The first kappa shape index (κ1) is 16.6. The average molecular weight is 354 g/mol. The van der Waals surface area contributed by atoms with E-state index in [-0.39, 0.29) is 6.04 Å². The zero-order valence-corrected chi connectivity index (χ0v) is 15.2. The van der Waals surface area contributed by atoms with Gasteiger partial charge in [-0.15, -0.1) is 11.3 Å². The first-order chi connectivity index (χ1) is 11.6. The maximum atomic E-state index is 5.44. The molecule has 1 heterocycles. The molecule has 3 rings (SSSR count). The predicted molar refractivity (Wildman–Crippen MR) is 107 cm³/mol. The van der Waals surface area contributed by atoms with Crippen molar-refractivity contribution in [2.75, 3.05) is 5.32 Å². The Kier molecular flexibility index (Phi) is 5.23. The highest BCUT2D eigenvalue weighted by molar-refractivity contribution is 7.80. The lowest BCUT2D eigenvalue weighted by Crippen LogP contribution is -2.30. The Hall–Kier alpha value is -2.24. The molecular weight excluding hydrogens is 334 g/mol. The first-order valence-corrected chi connectivity index (χ1v) is 9.05. The van der Waals surface area contributed by atoms with Gasteiger partial charge < -0.3 is 10.6 Å². The number of rotatable bonds is 4. The molecule has 24 heavy (non-hydrogen) atoms. The Morgan fingerprint density at radius 3 is 2.62 bits per heavy atom. The van der Waals surface area contributed by atoms with Crippen molar-refractivity contribution in [1.29, 1.82) is 0 Å². The summed E-state index contributed by atoms with van der Waals surface area (Å²) < 4.78 is 0. The quantitative estimate of drug-likeness (QED) is 0.635. The lowest BCUT2D eigenvalue weighted by molar-refractivity contribution is 0.722. The SMILES string of the molecule is Cc1nc(-c2cccc(NC(=S)N[C@@H](C)c3ccccc3)c2)cs1. The van der Waals surface area contributed by atoms with Gasteiger partial charge in [0.05, 0.1) is 16.7 Å². The Balaban J connectivity index is 1.66. The summed E-state index contributed by atoms with van der Waals surface area (Å²) in [6, 6.07) is 18.5. The molecule has 0 unspecified atom stereocenters. The van der Waals surface area contributed by atoms with Crippen molar-refractivity contribution in [2.24, 2.45) is 0 Å². The monoisotopic (exact) mass is 353 g/mol. The zero-order chi connectivity index (χ0) is 16.9. The minimum Gasteiger partial charge on any atom is -0.356 e. The van der Waals surface area contributed by atoms with Gasteiger partial charge in [0.2, 0.25) is 0 Å². The molecule has 0 aliphatic rings. The molecule has 3 nitrogen and oxygen atoms in total. The van der Waals surface area contributed by atoms with Gasteiger partial charge in [0.15, 0.2) is 5.11 Å². The fraction of sp³-hybridized carbons (Fsp3) is 0.158. The molecule has 0 amide bonds. The molecule has 1 aromatic heterocycles. The summed E-state index contributed by atoms with van der Waals surface area (Å²) in [5.41, 5.74) is 4.24. The second-order valence-corrected chi connectivity index (χ2v) is 7.03. The molecule has 0 saturated carbocycles. The maximum absolute atomic E-state index is 5.44. The molecule has 0 fully saturated rings. The van der Waals surface area contributed by atoms with Crippen molar-refractivity contribution in [1.82, 2.24) is 10.3 Å². The van der Waals surface area contributed by atoms with E-state index in [1.54, 1.807) is 11.3 Å². The predicted octanol–water partition coefficient (Wildman–Crippen LogP) is 5.17. The number of hydrogen-bond acceptors (Lipinski definition) is 3. The topological polar surface area (TPSA) is 37.0 Å². The van der Waals surface area contributed by atoms with Crippen LogP contribution in [0, 0.1) is 6.92 Å². The number of anilines is 1. The standard InChI is InChI=1S/C19H19N3S2/c1-13(15-7-4-3-5-8-15)20-19(23)22-17-10-6-9-16(11-17)18-12-24-14(2)21-18/h3-13H,1-2H3,(H2,20,22,23)/t13-/m0/s1. The molecule has 0 spiro atoms. The van der Waals surface area contributed by atoms with E-state index >= 15 is 0 Å². The van der Waals surface area contributed by atoms with Crippen LogP contribution < -0.4 is 10.6 Å². The highest BCUT2D eigenvalue weighted by Crippen LogP contribution is 2.24. The van der Waals surface area contributed by atoms with Crippen LogP contribution in [0.2, 0.25) is 0 Å². The van der Waals surface area contributed by atoms with E-state index < -0.39 is 0 Å². The summed E-state index contributed by atoms with van der Waals surface area (Å²) in [5.74, 6) is 0. The Morgan fingerprint density at radius 1 is 1.12 bits per heavy atom. The Morgan fingerprint density at radius 2 is 1.92 bits per heavy atom. The highest BCUT2D eigenvalue weighted by atomic mass is 32.1. The van der Waals surface area contributed by atoms with Crippen LogP contribution in [0.15, 0.2) is 60.0 Å². The van der Waals surface area contributed by atoms with Gasteiger partial charge in [-0.25, -0.2) is 4.98 Å². The number of aromatic nitrogens is 1. The van der Waals surface area contributed by atoms with Crippen LogP contribution in [0.3, 0.4) is 0 Å². The molecule has 2 aromatic carbocycles. The molecule has 0 radical (unpaired) electrons. The van der Waals surface area contributed by atoms with Gasteiger partial charge in [0.1, 0.15) is 0 Å². The lowest BCUT2D eigenvalue weighted by Gasteiger charge is -2.17. The van der Waals surface area contributed by atoms with Gasteiger partial charge in [-0.2, -0.15) is 0 Å². The van der Waals surface area contributed by atoms with Crippen LogP contribution in [-0.2, 0) is 0 Å². The molecular formula is C19H19N3S2. The molecule has 0 aliphatic carbocycles. The zero-order valence-electron chi connectivity index (χ0n) is 13.6. The fourth-order valence-electron chi connectivity index (χ4n) is 2.44. The average Bonchev–Trinajstić information content (AvgIpc) is 3.02. The highest BCUT2D eigenvalue weighted by Gasteiger charge is 2.08. The number of aryl methyl sites for hydroxylation is 1. The largest absolute Gasteiger partial charge is 0.356 e. The van der Waals surface area contributed by atoms with E-state index in [1.165, 1.54) is 5.56 Å². The molecule has 5 heteroatoms. The maximum Gasteiger partial charge on any atom is 0.171 e. The number of nitrogens with zero attached hydrogens (tertiary/aromatic N) is 1. The summed E-state index contributed by atoms with van der Waals surface area (Å²) in [7, 11) is 0. The van der Waals surface area contributed by atoms with Gasteiger partial charge in [-0.05, 0) is 43.8 Å². The number of nitrogens with one attached hydrogen (secondary N) is 2. The number of benzene rings is 2. The minimum atomic E-state index is 0.149. The summed E-state index contributed by atoms with van der Waals surface area (Å²) in [6.07, 6.45) is 0. The molecule has 1 atom stereocenters. The van der Waals surface area contributed by atoms with Gasteiger partial charge in [0.25, 0.3) is 0 Å². The number of thiazole rings is 1.